The van der Waals surface area contributed by atoms with Crippen LogP contribution >= 0.6 is 11.8 Å². The van der Waals surface area contributed by atoms with E-state index in [1.807, 2.05) is 11.8 Å². The minimum Gasteiger partial charge on any atom is -0.481 e. The van der Waals surface area contributed by atoms with Crippen molar-refractivity contribution in [1.29, 1.82) is 0 Å². The third-order valence-electron chi connectivity index (χ3n) is 2.34. The fraction of sp³-hybridized carbons (Fsp3) is 0.900. The van der Waals surface area contributed by atoms with Crippen molar-refractivity contribution in [1.82, 2.24) is 0 Å². The van der Waals surface area contributed by atoms with Crippen LogP contribution in [0.5, 0.6) is 0 Å². The van der Waals surface area contributed by atoms with Crippen LogP contribution in [0.2, 0.25) is 0 Å². The lowest BCUT2D eigenvalue weighted by Crippen LogP contribution is -2.11. The van der Waals surface area contributed by atoms with Gasteiger partial charge in [0, 0.05) is 0 Å². The van der Waals surface area contributed by atoms with Crippen molar-refractivity contribution in [3.8, 4) is 0 Å². The maximum atomic E-state index is 10.5. The Hall–Kier alpha value is -0.180. The summed E-state index contributed by atoms with van der Waals surface area (Å²) >= 11 is 1.91. The molecule has 1 aliphatic rings. The van der Waals surface area contributed by atoms with Gasteiger partial charge in [0.15, 0.2) is 0 Å². The molecule has 0 aromatic heterocycles. The molecule has 0 heterocycles. The van der Waals surface area contributed by atoms with Gasteiger partial charge in [-0.15, -0.1) is 0 Å². The van der Waals surface area contributed by atoms with Crippen LogP contribution in [0.3, 0.4) is 0 Å². The van der Waals surface area contributed by atoms with E-state index >= 15 is 0 Å². The maximum absolute atomic E-state index is 10.5. The molecular weight excluding hydrogens is 184 g/mol. The van der Waals surface area contributed by atoms with Gasteiger partial charge in [-0.25, -0.2) is 0 Å². The van der Waals surface area contributed by atoms with E-state index in [2.05, 4.69) is 13.8 Å². The number of carboxylic acids is 1. The molecule has 0 radical (unpaired) electrons. The van der Waals surface area contributed by atoms with Crippen molar-refractivity contribution in [2.45, 2.75) is 33.1 Å². The lowest BCUT2D eigenvalue weighted by molar-refractivity contribution is -0.138. The number of hydrogen-bond acceptors (Lipinski definition) is 2. The number of carbonyl (C=O) groups is 1. The first-order valence-corrected chi connectivity index (χ1v) is 5.99. The zero-order valence-corrected chi connectivity index (χ0v) is 9.19. The van der Waals surface area contributed by atoms with Crippen molar-refractivity contribution in [3.05, 3.63) is 0 Å². The number of aliphatic carboxylic acids is 1. The normalized spacial score (nSPS) is 19.0. The van der Waals surface area contributed by atoms with Gasteiger partial charge in [0.1, 0.15) is 0 Å². The Bertz CT molecular complexity index is 185. The van der Waals surface area contributed by atoms with E-state index in [4.69, 9.17) is 5.11 Å². The summed E-state index contributed by atoms with van der Waals surface area (Å²) in [6.45, 7) is 4.40. The van der Waals surface area contributed by atoms with Crippen LogP contribution < -0.4 is 0 Å². The third kappa shape index (κ3) is 4.03. The van der Waals surface area contributed by atoms with Crippen LogP contribution in [0.25, 0.3) is 0 Å². The lowest BCUT2D eigenvalue weighted by Gasteiger charge is -2.12. The second kappa shape index (κ2) is 4.36. The zero-order valence-electron chi connectivity index (χ0n) is 8.38. The van der Waals surface area contributed by atoms with Crippen LogP contribution in [-0.4, -0.2) is 22.6 Å². The number of thioether (sulfide) groups is 1. The summed E-state index contributed by atoms with van der Waals surface area (Å²) < 4.78 is 0. The van der Waals surface area contributed by atoms with Crippen LogP contribution in [0.4, 0.5) is 0 Å². The average molecular weight is 202 g/mol. The third-order valence-corrected chi connectivity index (χ3v) is 4.06. The Morgan fingerprint density at radius 1 is 1.54 bits per heavy atom. The molecule has 0 aliphatic heterocycles. The van der Waals surface area contributed by atoms with Gasteiger partial charge in [0.05, 0.1) is 6.42 Å². The summed E-state index contributed by atoms with van der Waals surface area (Å²) in [7, 11) is 0. The van der Waals surface area contributed by atoms with E-state index in [-0.39, 0.29) is 5.41 Å². The van der Waals surface area contributed by atoms with Gasteiger partial charge in [-0.05, 0) is 35.7 Å². The van der Waals surface area contributed by atoms with E-state index in [0.29, 0.717) is 12.3 Å². The Balaban J connectivity index is 2.16. The summed E-state index contributed by atoms with van der Waals surface area (Å²) in [6.07, 6.45) is 2.60. The van der Waals surface area contributed by atoms with Crippen molar-refractivity contribution in [3.63, 3.8) is 0 Å². The molecule has 0 unspecified atom stereocenters. The summed E-state index contributed by atoms with van der Waals surface area (Å²) in [5.74, 6) is 2.27. The molecule has 76 valence electrons. The standard InChI is InChI=1S/C10H18O2S/c1-8(2)6-13-7-10(3-4-10)5-9(11)12/h8H,3-7H2,1-2H3,(H,11,12). The van der Waals surface area contributed by atoms with E-state index in [9.17, 15) is 4.79 Å². The predicted molar refractivity (Wildman–Crippen MR) is 56.1 cm³/mol. The van der Waals surface area contributed by atoms with E-state index < -0.39 is 5.97 Å². The smallest absolute Gasteiger partial charge is 0.303 e. The first-order valence-electron chi connectivity index (χ1n) is 4.84. The molecular formula is C10H18O2S. The van der Waals surface area contributed by atoms with Crippen molar-refractivity contribution in [2.75, 3.05) is 11.5 Å². The molecule has 2 nitrogen and oxygen atoms in total. The Morgan fingerprint density at radius 3 is 2.54 bits per heavy atom. The monoisotopic (exact) mass is 202 g/mol. The highest BCUT2D eigenvalue weighted by molar-refractivity contribution is 7.99. The molecule has 13 heavy (non-hydrogen) atoms. The van der Waals surface area contributed by atoms with Gasteiger partial charge >= 0.3 is 5.97 Å². The van der Waals surface area contributed by atoms with E-state index in [0.717, 1.165) is 24.3 Å². The van der Waals surface area contributed by atoms with Gasteiger partial charge in [-0.3, -0.25) is 4.79 Å². The second-order valence-electron chi connectivity index (χ2n) is 4.48. The Kier molecular flexibility index (Phi) is 3.65. The van der Waals surface area contributed by atoms with Gasteiger partial charge in [-0.1, -0.05) is 13.8 Å². The van der Waals surface area contributed by atoms with Gasteiger partial charge in [-0.2, -0.15) is 11.8 Å². The van der Waals surface area contributed by atoms with Crippen molar-refractivity contribution in [2.24, 2.45) is 11.3 Å². The molecule has 1 saturated carbocycles. The number of rotatable bonds is 6. The zero-order chi connectivity index (χ0) is 9.90. The average Bonchev–Trinajstić information content (AvgIpc) is 2.66. The highest BCUT2D eigenvalue weighted by Gasteiger charge is 2.43. The summed E-state index contributed by atoms with van der Waals surface area (Å²) in [4.78, 5) is 10.5. The fourth-order valence-corrected chi connectivity index (χ4v) is 2.79. The molecule has 0 bridgehead atoms. The number of carboxylic acid groups (broad SMARTS) is 1. The lowest BCUT2D eigenvalue weighted by atomic mass is 10.1. The number of hydrogen-bond donors (Lipinski definition) is 1. The molecule has 0 aromatic rings. The Labute approximate surface area is 84.1 Å². The van der Waals surface area contributed by atoms with Gasteiger partial charge in [0.2, 0.25) is 0 Å². The van der Waals surface area contributed by atoms with E-state index in [1.165, 1.54) is 0 Å². The minimum atomic E-state index is -0.636. The first kappa shape index (κ1) is 10.9. The molecule has 0 spiro atoms. The Morgan fingerprint density at radius 2 is 2.15 bits per heavy atom. The van der Waals surface area contributed by atoms with Gasteiger partial charge in [0.25, 0.3) is 0 Å². The van der Waals surface area contributed by atoms with E-state index in [1.54, 1.807) is 0 Å². The molecule has 0 amide bonds. The van der Waals surface area contributed by atoms with Crippen LogP contribution in [0.15, 0.2) is 0 Å². The first-order chi connectivity index (χ1) is 6.04. The molecule has 0 atom stereocenters. The van der Waals surface area contributed by atoms with Crippen molar-refractivity contribution < 1.29 is 9.90 Å². The predicted octanol–water partition coefficient (Wildman–Crippen LogP) is 2.63. The maximum Gasteiger partial charge on any atom is 0.303 e. The van der Waals surface area contributed by atoms with Crippen LogP contribution in [-0.2, 0) is 4.79 Å². The highest BCUT2D eigenvalue weighted by atomic mass is 32.2. The summed E-state index contributed by atoms with van der Waals surface area (Å²) in [6, 6.07) is 0. The fourth-order valence-electron chi connectivity index (χ4n) is 1.38. The van der Waals surface area contributed by atoms with Crippen LogP contribution in [0, 0.1) is 11.3 Å². The molecule has 0 saturated heterocycles. The molecule has 1 fully saturated rings. The molecule has 1 N–H and O–H groups in total. The quantitative estimate of drug-likeness (QED) is 0.719. The molecule has 1 rings (SSSR count). The molecule has 0 aromatic carbocycles. The van der Waals surface area contributed by atoms with Crippen molar-refractivity contribution >= 4 is 17.7 Å². The minimum absolute atomic E-state index is 0.172. The summed E-state index contributed by atoms with van der Waals surface area (Å²) in [5, 5.41) is 8.69. The SMILES string of the molecule is CC(C)CSCC1(CC(=O)O)CC1. The largest absolute Gasteiger partial charge is 0.481 e. The van der Waals surface area contributed by atoms with Gasteiger partial charge < -0.3 is 5.11 Å². The van der Waals surface area contributed by atoms with Crippen LogP contribution in [0.1, 0.15) is 33.1 Å². The summed E-state index contributed by atoms with van der Waals surface area (Å²) in [5.41, 5.74) is 0.172. The highest BCUT2D eigenvalue weighted by Crippen LogP contribution is 2.51. The second-order valence-corrected chi connectivity index (χ2v) is 5.51. The molecule has 3 heteroatoms. The molecule has 1 aliphatic carbocycles. The topological polar surface area (TPSA) is 37.3 Å².